The number of aryl methyl sites for hydroxylation is 1. The minimum absolute atomic E-state index is 0.0929. The number of hydrogen-bond acceptors (Lipinski definition) is 4. The van der Waals surface area contributed by atoms with Crippen LogP contribution in [0.15, 0.2) is 85.2 Å². The van der Waals surface area contributed by atoms with E-state index < -0.39 is 0 Å². The molecule has 0 saturated heterocycles. The van der Waals surface area contributed by atoms with E-state index in [1.165, 1.54) is 16.7 Å². The van der Waals surface area contributed by atoms with Gasteiger partial charge >= 0.3 is 0 Å². The molecule has 2 heterocycles. The van der Waals surface area contributed by atoms with Gasteiger partial charge < -0.3 is 10.1 Å². The van der Waals surface area contributed by atoms with Crippen LogP contribution < -0.4 is 10.1 Å². The summed E-state index contributed by atoms with van der Waals surface area (Å²) in [6.07, 6.45) is 2.50. The number of hydrogen-bond donors (Lipinski definition) is 1. The highest BCUT2D eigenvalue weighted by molar-refractivity contribution is 5.40. The molecule has 0 spiro atoms. The van der Waals surface area contributed by atoms with Crippen molar-refractivity contribution in [1.82, 2.24) is 14.8 Å². The molecule has 1 aliphatic heterocycles. The molecule has 30 heavy (non-hydrogen) atoms. The molecule has 0 unspecified atom stereocenters. The Balaban J connectivity index is 1.40. The summed E-state index contributed by atoms with van der Waals surface area (Å²) in [6, 6.07) is 27.5. The number of rotatable bonds is 5. The summed E-state index contributed by atoms with van der Waals surface area (Å²) in [5.74, 6) is 1.66. The second-order valence-electron chi connectivity index (χ2n) is 7.73. The maximum atomic E-state index is 6.06. The molecule has 1 aliphatic rings. The molecule has 0 bridgehead atoms. The zero-order valence-corrected chi connectivity index (χ0v) is 16.9. The summed E-state index contributed by atoms with van der Waals surface area (Å²) in [5, 5.41) is 8.01. The Morgan fingerprint density at radius 2 is 1.80 bits per heavy atom. The van der Waals surface area contributed by atoms with Gasteiger partial charge in [-0.05, 0) is 42.2 Å². The molecular weight excluding hydrogens is 372 g/mol. The molecule has 0 radical (unpaired) electrons. The predicted octanol–water partition coefficient (Wildman–Crippen LogP) is 5.31. The summed E-state index contributed by atoms with van der Waals surface area (Å²) in [4.78, 5) is 4.43. The van der Waals surface area contributed by atoms with E-state index in [1.807, 2.05) is 28.9 Å². The van der Waals surface area contributed by atoms with Crippen LogP contribution in [-0.2, 0) is 6.61 Å². The van der Waals surface area contributed by atoms with E-state index in [9.17, 15) is 0 Å². The Bertz CT molecular complexity index is 1120. The van der Waals surface area contributed by atoms with E-state index >= 15 is 0 Å². The molecule has 5 nitrogen and oxygen atoms in total. The van der Waals surface area contributed by atoms with Crippen molar-refractivity contribution in [2.45, 2.75) is 32.0 Å². The molecule has 1 N–H and O–H groups in total. The quantitative estimate of drug-likeness (QED) is 0.497. The van der Waals surface area contributed by atoms with Crippen LogP contribution in [0.25, 0.3) is 0 Å². The van der Waals surface area contributed by atoms with Crippen molar-refractivity contribution in [1.29, 1.82) is 0 Å². The highest BCUT2D eigenvalue weighted by Crippen LogP contribution is 2.38. The third kappa shape index (κ3) is 3.79. The first kappa shape index (κ1) is 18.4. The average molecular weight is 396 g/mol. The maximum absolute atomic E-state index is 6.06. The lowest BCUT2D eigenvalue weighted by Crippen LogP contribution is -2.28. The smallest absolute Gasteiger partial charge is 0.222 e. The van der Waals surface area contributed by atoms with Gasteiger partial charge in [-0.1, -0.05) is 72.3 Å². The third-order valence-corrected chi connectivity index (χ3v) is 5.60. The van der Waals surface area contributed by atoms with Gasteiger partial charge in [0.25, 0.3) is 0 Å². The van der Waals surface area contributed by atoms with Crippen molar-refractivity contribution in [2.24, 2.45) is 0 Å². The van der Waals surface area contributed by atoms with Crippen LogP contribution in [0.3, 0.4) is 0 Å². The second kappa shape index (κ2) is 8.03. The lowest BCUT2D eigenvalue weighted by Gasteiger charge is -2.32. The number of ether oxygens (including phenoxy) is 1. The zero-order valence-electron chi connectivity index (χ0n) is 16.9. The average Bonchev–Trinajstić information content (AvgIpc) is 3.27. The molecule has 4 aromatic rings. The zero-order chi connectivity index (χ0) is 20.3. The summed E-state index contributed by atoms with van der Waals surface area (Å²) < 4.78 is 8.03. The molecule has 0 saturated carbocycles. The van der Waals surface area contributed by atoms with Crippen molar-refractivity contribution in [2.75, 3.05) is 5.32 Å². The molecule has 0 aliphatic carbocycles. The highest BCUT2D eigenvalue weighted by atomic mass is 16.5. The van der Waals surface area contributed by atoms with E-state index in [0.717, 1.165) is 23.7 Å². The van der Waals surface area contributed by atoms with Gasteiger partial charge in [-0.2, -0.15) is 10.1 Å². The summed E-state index contributed by atoms with van der Waals surface area (Å²) >= 11 is 0. The van der Waals surface area contributed by atoms with Crippen LogP contribution in [0.5, 0.6) is 5.75 Å². The van der Waals surface area contributed by atoms with E-state index in [0.29, 0.717) is 6.61 Å². The Kier molecular flexibility index (Phi) is 4.93. The van der Waals surface area contributed by atoms with Gasteiger partial charge in [0.1, 0.15) is 18.7 Å². The molecule has 5 heteroatoms. The monoisotopic (exact) mass is 396 g/mol. The molecule has 1 aromatic heterocycles. The first-order valence-corrected chi connectivity index (χ1v) is 10.3. The first-order valence-electron chi connectivity index (χ1n) is 10.3. The lowest BCUT2D eigenvalue weighted by molar-refractivity contribution is 0.305. The van der Waals surface area contributed by atoms with Crippen LogP contribution in [-0.4, -0.2) is 14.8 Å². The van der Waals surface area contributed by atoms with Crippen LogP contribution in [0.4, 0.5) is 5.95 Å². The van der Waals surface area contributed by atoms with Gasteiger partial charge in [-0.25, -0.2) is 4.68 Å². The van der Waals surface area contributed by atoms with Crippen molar-refractivity contribution >= 4 is 5.95 Å². The topological polar surface area (TPSA) is 52.0 Å². The fourth-order valence-electron chi connectivity index (χ4n) is 3.97. The molecule has 0 fully saturated rings. The normalized spacial score (nSPS) is 17.8. The van der Waals surface area contributed by atoms with Crippen LogP contribution in [0.1, 0.15) is 40.8 Å². The number of benzene rings is 3. The highest BCUT2D eigenvalue weighted by Gasteiger charge is 2.30. The summed E-state index contributed by atoms with van der Waals surface area (Å²) in [6.45, 7) is 2.66. The Morgan fingerprint density at radius 3 is 2.63 bits per heavy atom. The van der Waals surface area contributed by atoms with Gasteiger partial charge in [-0.3, -0.25) is 0 Å². The van der Waals surface area contributed by atoms with Crippen LogP contribution >= 0.6 is 0 Å². The van der Waals surface area contributed by atoms with Crippen LogP contribution in [0.2, 0.25) is 0 Å². The van der Waals surface area contributed by atoms with Crippen LogP contribution in [0, 0.1) is 6.92 Å². The van der Waals surface area contributed by atoms with E-state index in [2.05, 4.69) is 76.9 Å². The van der Waals surface area contributed by atoms with Gasteiger partial charge in [0, 0.05) is 0 Å². The number of anilines is 1. The van der Waals surface area contributed by atoms with E-state index in [4.69, 9.17) is 4.74 Å². The molecule has 150 valence electrons. The summed E-state index contributed by atoms with van der Waals surface area (Å²) in [5.41, 5.74) is 4.85. The second-order valence-corrected chi connectivity index (χ2v) is 7.73. The third-order valence-electron chi connectivity index (χ3n) is 5.60. The Morgan fingerprint density at radius 1 is 0.967 bits per heavy atom. The van der Waals surface area contributed by atoms with Gasteiger partial charge in [0.05, 0.1) is 12.1 Å². The molecular formula is C25H24N4O. The molecule has 0 amide bonds. The number of nitrogens with zero attached hydrogens (tertiary/aromatic N) is 3. The lowest BCUT2D eigenvalue weighted by atomic mass is 9.93. The fourth-order valence-corrected chi connectivity index (χ4v) is 3.97. The largest absolute Gasteiger partial charge is 0.489 e. The molecule has 3 aromatic carbocycles. The SMILES string of the molecule is Cc1ccc([C@H]2C[C@@H](c3cccc(OCc4ccccc4)c3)n3ncnc3N2)cc1. The predicted molar refractivity (Wildman–Crippen MR) is 118 cm³/mol. The van der Waals surface area contributed by atoms with Crippen molar-refractivity contribution in [3.63, 3.8) is 0 Å². The van der Waals surface area contributed by atoms with Crippen molar-refractivity contribution in [3.05, 3.63) is 107 Å². The minimum atomic E-state index is 0.0929. The minimum Gasteiger partial charge on any atom is -0.489 e. The number of aromatic nitrogens is 3. The molecule has 2 atom stereocenters. The maximum Gasteiger partial charge on any atom is 0.222 e. The van der Waals surface area contributed by atoms with E-state index in [1.54, 1.807) is 6.33 Å². The summed E-state index contributed by atoms with van der Waals surface area (Å²) in [7, 11) is 0. The van der Waals surface area contributed by atoms with Gasteiger partial charge in [-0.15, -0.1) is 0 Å². The number of fused-ring (bicyclic) bond motifs is 1. The van der Waals surface area contributed by atoms with Gasteiger partial charge in [0.2, 0.25) is 5.95 Å². The molecule has 5 rings (SSSR count). The Labute approximate surface area is 176 Å². The van der Waals surface area contributed by atoms with Gasteiger partial charge in [0.15, 0.2) is 0 Å². The Hall–Kier alpha value is -3.60. The first-order chi connectivity index (χ1) is 14.8. The van der Waals surface area contributed by atoms with Crippen molar-refractivity contribution in [3.8, 4) is 5.75 Å². The fraction of sp³-hybridized carbons (Fsp3) is 0.200. The number of nitrogens with one attached hydrogen (secondary N) is 1. The van der Waals surface area contributed by atoms with E-state index in [-0.39, 0.29) is 12.1 Å². The van der Waals surface area contributed by atoms with Crippen molar-refractivity contribution < 1.29 is 4.74 Å². The standard InChI is InChI=1S/C25H24N4O/c1-18-10-12-20(13-11-18)23-15-24(29-25(28-23)26-17-27-29)21-8-5-9-22(14-21)30-16-19-6-3-2-4-7-19/h2-14,17,23-24H,15-16H2,1H3,(H,26,27,28)/t23-,24+/m1/s1.